The lowest BCUT2D eigenvalue weighted by molar-refractivity contribution is -0.0401. The minimum absolute atomic E-state index is 0.0552. The molecule has 0 unspecified atom stereocenters. The number of rotatable bonds is 5. The Morgan fingerprint density at radius 3 is 2.50 bits per heavy atom. The van der Waals surface area contributed by atoms with Crippen LogP contribution in [0.5, 0.6) is 5.75 Å². The number of nitrogens with zero attached hydrogens (tertiary/aromatic N) is 1. The highest BCUT2D eigenvalue weighted by Gasteiger charge is 2.25. The van der Waals surface area contributed by atoms with Gasteiger partial charge in [0.15, 0.2) is 0 Å². The van der Waals surface area contributed by atoms with Crippen LogP contribution in [0.15, 0.2) is 48.5 Å². The maximum atomic E-state index is 12.7. The van der Waals surface area contributed by atoms with Gasteiger partial charge in [-0.15, -0.1) is 0 Å². The molecule has 0 aliphatic carbocycles. The summed E-state index contributed by atoms with van der Waals surface area (Å²) in [6.45, 7) is 8.51. The number of hydrogen-bond donors (Lipinski definition) is 0. The van der Waals surface area contributed by atoms with Crippen molar-refractivity contribution in [3.05, 3.63) is 65.2 Å². The van der Waals surface area contributed by atoms with Crippen molar-refractivity contribution in [3.8, 4) is 5.75 Å². The van der Waals surface area contributed by atoms with E-state index in [4.69, 9.17) is 9.47 Å². The molecule has 0 spiro atoms. The summed E-state index contributed by atoms with van der Waals surface area (Å²) in [6, 6.07) is 15.9. The third-order valence-corrected chi connectivity index (χ3v) is 4.71. The summed E-state index contributed by atoms with van der Waals surface area (Å²) in [5, 5.41) is 0. The number of ether oxygens (including phenoxy) is 2. The highest BCUT2D eigenvalue weighted by atomic mass is 16.5. The summed E-state index contributed by atoms with van der Waals surface area (Å²) >= 11 is 0. The number of amides is 1. The Balaban J connectivity index is 1.54. The van der Waals surface area contributed by atoms with E-state index in [0.29, 0.717) is 32.2 Å². The van der Waals surface area contributed by atoms with Crippen molar-refractivity contribution in [3.63, 3.8) is 0 Å². The fourth-order valence-electron chi connectivity index (χ4n) is 3.02. The van der Waals surface area contributed by atoms with Crippen LogP contribution >= 0.6 is 0 Å². The smallest absolute Gasteiger partial charge is 0.254 e. The number of hydrogen-bond acceptors (Lipinski definition) is 3. The molecular formula is C22H27NO3. The Hall–Kier alpha value is -2.33. The highest BCUT2D eigenvalue weighted by Crippen LogP contribution is 2.19. The van der Waals surface area contributed by atoms with E-state index in [0.717, 1.165) is 16.9 Å². The largest absolute Gasteiger partial charge is 0.491 e. The lowest BCUT2D eigenvalue weighted by atomic mass is 10.0. The van der Waals surface area contributed by atoms with E-state index < -0.39 is 0 Å². The number of benzene rings is 2. The van der Waals surface area contributed by atoms with Gasteiger partial charge in [0, 0.05) is 12.1 Å². The molecule has 2 aromatic rings. The van der Waals surface area contributed by atoms with Crippen molar-refractivity contribution >= 4 is 5.91 Å². The van der Waals surface area contributed by atoms with Gasteiger partial charge in [0.1, 0.15) is 18.5 Å². The van der Waals surface area contributed by atoms with E-state index in [1.165, 1.54) is 5.56 Å². The third-order valence-electron chi connectivity index (χ3n) is 4.71. The topological polar surface area (TPSA) is 38.8 Å². The van der Waals surface area contributed by atoms with Crippen molar-refractivity contribution in [1.82, 2.24) is 4.90 Å². The van der Waals surface area contributed by atoms with Crippen LogP contribution in [0.25, 0.3) is 0 Å². The SMILES string of the molecule is Cc1ccc(C(=O)N2CCO[C@@H](COc3ccc(C(C)C)cc3)C2)cc1. The summed E-state index contributed by atoms with van der Waals surface area (Å²) in [6.07, 6.45) is -0.108. The van der Waals surface area contributed by atoms with Gasteiger partial charge in [0.25, 0.3) is 5.91 Å². The normalized spacial score (nSPS) is 17.4. The average molecular weight is 353 g/mol. The molecule has 0 radical (unpaired) electrons. The van der Waals surface area contributed by atoms with Gasteiger partial charge in [-0.1, -0.05) is 43.7 Å². The molecule has 1 aliphatic heterocycles. The molecule has 0 bridgehead atoms. The summed E-state index contributed by atoms with van der Waals surface area (Å²) < 4.78 is 11.6. The fourth-order valence-corrected chi connectivity index (χ4v) is 3.02. The average Bonchev–Trinajstić information content (AvgIpc) is 2.67. The molecule has 4 nitrogen and oxygen atoms in total. The summed E-state index contributed by atoms with van der Waals surface area (Å²) in [4.78, 5) is 14.5. The molecule has 2 aromatic carbocycles. The van der Waals surface area contributed by atoms with Crippen LogP contribution in [0.1, 0.15) is 41.3 Å². The van der Waals surface area contributed by atoms with Crippen molar-refractivity contribution in [2.75, 3.05) is 26.3 Å². The Labute approximate surface area is 155 Å². The second kappa shape index (κ2) is 8.37. The van der Waals surface area contributed by atoms with Gasteiger partial charge in [-0.05, 0) is 42.7 Å². The van der Waals surface area contributed by atoms with E-state index in [2.05, 4.69) is 26.0 Å². The number of aryl methyl sites for hydroxylation is 1. The molecule has 4 heteroatoms. The Morgan fingerprint density at radius 1 is 1.15 bits per heavy atom. The molecule has 1 saturated heterocycles. The van der Waals surface area contributed by atoms with Crippen LogP contribution in [0.3, 0.4) is 0 Å². The van der Waals surface area contributed by atoms with Crippen LogP contribution in [-0.2, 0) is 4.74 Å². The maximum Gasteiger partial charge on any atom is 0.254 e. The lowest BCUT2D eigenvalue weighted by Crippen LogP contribution is -2.47. The molecule has 26 heavy (non-hydrogen) atoms. The van der Waals surface area contributed by atoms with Crippen LogP contribution in [0.4, 0.5) is 0 Å². The first-order chi connectivity index (χ1) is 12.5. The van der Waals surface area contributed by atoms with Gasteiger partial charge in [0.2, 0.25) is 0 Å². The van der Waals surface area contributed by atoms with Gasteiger partial charge in [-0.2, -0.15) is 0 Å². The van der Waals surface area contributed by atoms with Crippen molar-refractivity contribution in [2.24, 2.45) is 0 Å². The first-order valence-corrected chi connectivity index (χ1v) is 9.23. The van der Waals surface area contributed by atoms with Crippen molar-refractivity contribution < 1.29 is 14.3 Å². The third kappa shape index (κ3) is 4.64. The Bertz CT molecular complexity index is 722. The number of carbonyl (C=O) groups excluding carboxylic acids is 1. The number of carbonyl (C=O) groups is 1. The van der Waals surface area contributed by atoms with Gasteiger partial charge in [0.05, 0.1) is 13.2 Å². The van der Waals surface area contributed by atoms with Crippen LogP contribution in [-0.4, -0.2) is 43.2 Å². The molecule has 1 fully saturated rings. The van der Waals surface area contributed by atoms with E-state index in [-0.39, 0.29) is 12.0 Å². The predicted molar refractivity (Wildman–Crippen MR) is 103 cm³/mol. The quantitative estimate of drug-likeness (QED) is 0.814. The second-order valence-electron chi connectivity index (χ2n) is 7.14. The van der Waals surface area contributed by atoms with E-state index in [9.17, 15) is 4.79 Å². The van der Waals surface area contributed by atoms with E-state index in [1.807, 2.05) is 48.2 Å². The van der Waals surface area contributed by atoms with Crippen molar-refractivity contribution in [2.45, 2.75) is 32.8 Å². The summed E-state index contributed by atoms with van der Waals surface area (Å²) in [7, 11) is 0. The fraction of sp³-hybridized carbons (Fsp3) is 0.409. The molecule has 138 valence electrons. The Morgan fingerprint density at radius 2 is 1.85 bits per heavy atom. The summed E-state index contributed by atoms with van der Waals surface area (Å²) in [5.74, 6) is 1.40. The monoisotopic (exact) mass is 353 g/mol. The molecule has 3 rings (SSSR count). The maximum absolute atomic E-state index is 12.7. The second-order valence-corrected chi connectivity index (χ2v) is 7.14. The number of morpholine rings is 1. The summed E-state index contributed by atoms with van der Waals surface area (Å²) in [5.41, 5.74) is 3.17. The van der Waals surface area contributed by atoms with Gasteiger partial charge < -0.3 is 14.4 Å². The van der Waals surface area contributed by atoms with Crippen LogP contribution < -0.4 is 4.74 Å². The van der Waals surface area contributed by atoms with Gasteiger partial charge in [-0.25, -0.2) is 0 Å². The molecule has 1 amide bonds. The van der Waals surface area contributed by atoms with Crippen LogP contribution in [0.2, 0.25) is 0 Å². The van der Waals surface area contributed by atoms with E-state index >= 15 is 0 Å². The van der Waals surface area contributed by atoms with Gasteiger partial charge >= 0.3 is 0 Å². The van der Waals surface area contributed by atoms with Crippen LogP contribution in [0, 0.1) is 6.92 Å². The molecular weight excluding hydrogens is 326 g/mol. The zero-order valence-corrected chi connectivity index (χ0v) is 15.8. The molecule has 0 aromatic heterocycles. The standard InChI is InChI=1S/C22H27NO3/c1-16(2)18-8-10-20(11-9-18)26-15-21-14-23(12-13-25-21)22(24)19-6-4-17(3)5-7-19/h4-11,16,21H,12-15H2,1-3H3/t21-/m1/s1. The zero-order valence-electron chi connectivity index (χ0n) is 15.8. The van der Waals surface area contributed by atoms with Crippen molar-refractivity contribution in [1.29, 1.82) is 0 Å². The molecule has 0 saturated carbocycles. The highest BCUT2D eigenvalue weighted by molar-refractivity contribution is 5.94. The predicted octanol–water partition coefficient (Wildman–Crippen LogP) is 4.04. The first-order valence-electron chi connectivity index (χ1n) is 9.23. The van der Waals surface area contributed by atoms with E-state index in [1.54, 1.807) is 0 Å². The first kappa shape index (κ1) is 18.5. The van der Waals surface area contributed by atoms with Gasteiger partial charge in [-0.3, -0.25) is 4.79 Å². The zero-order chi connectivity index (χ0) is 18.5. The molecule has 0 N–H and O–H groups in total. The molecule has 1 atom stereocenters. The molecule has 1 heterocycles. The minimum Gasteiger partial charge on any atom is -0.491 e. The lowest BCUT2D eigenvalue weighted by Gasteiger charge is -2.33. The molecule has 1 aliphatic rings. The Kier molecular flexibility index (Phi) is 5.94. The minimum atomic E-state index is -0.108.